The zero-order chi connectivity index (χ0) is 24.8. The number of para-hydroxylation sites is 1. The first kappa shape index (κ1) is 25.0. The Bertz CT molecular complexity index is 1150. The highest BCUT2D eigenvalue weighted by molar-refractivity contribution is 6.40. The second-order valence-electron chi connectivity index (χ2n) is 7.99. The smallest absolute Gasteiger partial charge is 0.262 e. The van der Waals surface area contributed by atoms with Crippen LogP contribution >= 0.6 is 23.2 Å². The SMILES string of the molecule is CCOc1nc(Nc2ccc(N3CCN(CC)CC3)cc2)ncc1C(=O)Nc1c(Cl)cccc1Cl. The number of hydrogen-bond donors (Lipinski definition) is 2. The molecule has 1 aromatic heterocycles. The van der Waals surface area contributed by atoms with Gasteiger partial charge in [0.25, 0.3) is 5.91 Å². The number of nitrogens with one attached hydrogen (secondary N) is 2. The van der Waals surface area contributed by atoms with Crippen LogP contribution in [0.15, 0.2) is 48.7 Å². The molecular formula is C25H28Cl2N6O2. The highest BCUT2D eigenvalue weighted by Crippen LogP contribution is 2.31. The number of nitrogens with zero attached hydrogens (tertiary/aromatic N) is 4. The van der Waals surface area contributed by atoms with Gasteiger partial charge in [0.05, 0.1) is 22.3 Å². The van der Waals surface area contributed by atoms with Gasteiger partial charge in [0.15, 0.2) is 0 Å². The number of anilines is 4. The van der Waals surface area contributed by atoms with Gasteiger partial charge in [-0.3, -0.25) is 4.79 Å². The average Bonchev–Trinajstić information content (AvgIpc) is 2.87. The lowest BCUT2D eigenvalue weighted by Gasteiger charge is -2.35. The fraction of sp³-hybridized carbons (Fsp3) is 0.320. The largest absolute Gasteiger partial charge is 0.477 e. The summed E-state index contributed by atoms with van der Waals surface area (Å²) in [5.41, 5.74) is 2.52. The Labute approximate surface area is 215 Å². The summed E-state index contributed by atoms with van der Waals surface area (Å²) in [4.78, 5) is 26.5. The van der Waals surface area contributed by atoms with E-state index in [9.17, 15) is 4.79 Å². The molecule has 4 rings (SSSR count). The molecule has 2 aromatic carbocycles. The lowest BCUT2D eigenvalue weighted by Crippen LogP contribution is -2.46. The van der Waals surface area contributed by atoms with Gasteiger partial charge in [0, 0.05) is 43.8 Å². The Hall–Kier alpha value is -3.07. The number of hydrogen-bond acceptors (Lipinski definition) is 7. The quantitative estimate of drug-likeness (QED) is 0.420. The molecule has 1 aliphatic heterocycles. The van der Waals surface area contributed by atoms with Gasteiger partial charge < -0.3 is 25.2 Å². The Kier molecular flexibility index (Phi) is 8.28. The van der Waals surface area contributed by atoms with Crippen molar-refractivity contribution in [3.63, 3.8) is 0 Å². The summed E-state index contributed by atoms with van der Waals surface area (Å²) in [5.74, 6) is 0.0173. The molecule has 0 bridgehead atoms. The summed E-state index contributed by atoms with van der Waals surface area (Å²) in [7, 11) is 0. The van der Waals surface area contributed by atoms with Crippen LogP contribution in [0.3, 0.4) is 0 Å². The highest BCUT2D eigenvalue weighted by Gasteiger charge is 2.19. The van der Waals surface area contributed by atoms with Crippen LogP contribution in [-0.2, 0) is 0 Å². The summed E-state index contributed by atoms with van der Waals surface area (Å²) in [6.07, 6.45) is 1.42. The highest BCUT2D eigenvalue weighted by atomic mass is 35.5. The molecule has 0 spiro atoms. The van der Waals surface area contributed by atoms with Crippen LogP contribution in [0.2, 0.25) is 10.0 Å². The van der Waals surface area contributed by atoms with E-state index in [1.165, 1.54) is 11.9 Å². The van der Waals surface area contributed by atoms with E-state index in [1.807, 2.05) is 19.1 Å². The van der Waals surface area contributed by atoms with Crippen LogP contribution in [0.25, 0.3) is 0 Å². The van der Waals surface area contributed by atoms with Gasteiger partial charge in [-0.2, -0.15) is 4.98 Å². The van der Waals surface area contributed by atoms with Crippen molar-refractivity contribution in [2.24, 2.45) is 0 Å². The number of rotatable bonds is 8. The normalized spacial score (nSPS) is 14.0. The molecule has 184 valence electrons. The molecule has 8 nitrogen and oxygen atoms in total. The maximum absolute atomic E-state index is 12.9. The van der Waals surface area contributed by atoms with Crippen LogP contribution in [0.4, 0.5) is 23.0 Å². The first-order chi connectivity index (χ1) is 17.0. The molecule has 1 amide bonds. The summed E-state index contributed by atoms with van der Waals surface area (Å²) in [5, 5.41) is 6.56. The van der Waals surface area contributed by atoms with E-state index in [-0.39, 0.29) is 11.4 Å². The van der Waals surface area contributed by atoms with E-state index in [1.54, 1.807) is 18.2 Å². The summed E-state index contributed by atoms with van der Waals surface area (Å²) >= 11 is 12.3. The topological polar surface area (TPSA) is 82.6 Å². The standard InChI is InChI=1S/C25H28Cl2N6O2/c1-3-32-12-14-33(15-13-32)18-10-8-17(9-11-18)29-25-28-16-19(24(31-25)35-4-2)23(34)30-22-20(26)6-5-7-21(22)27/h5-11,16H,3-4,12-15H2,1-2H3,(H,30,34)(H,28,29,31). The van der Waals surface area contributed by atoms with Gasteiger partial charge in [-0.25, -0.2) is 4.98 Å². The van der Waals surface area contributed by atoms with Crippen LogP contribution in [0.1, 0.15) is 24.2 Å². The van der Waals surface area contributed by atoms with E-state index in [0.717, 1.165) is 38.4 Å². The van der Waals surface area contributed by atoms with Crippen molar-refractivity contribution >= 4 is 52.1 Å². The molecule has 0 saturated carbocycles. The number of carbonyl (C=O) groups is 1. The predicted octanol–water partition coefficient (Wildman–Crippen LogP) is 5.32. The molecular weight excluding hydrogens is 487 g/mol. The van der Waals surface area contributed by atoms with Gasteiger partial charge in [0.1, 0.15) is 5.56 Å². The van der Waals surface area contributed by atoms with Crippen LogP contribution in [-0.4, -0.2) is 60.1 Å². The molecule has 0 atom stereocenters. The number of piperazine rings is 1. The zero-order valence-corrected chi connectivity index (χ0v) is 21.2. The summed E-state index contributed by atoms with van der Waals surface area (Å²) in [6.45, 7) is 9.64. The average molecular weight is 515 g/mol. The fourth-order valence-corrected chi connectivity index (χ4v) is 4.33. The second-order valence-corrected chi connectivity index (χ2v) is 8.80. The number of halogens is 2. The number of ether oxygens (including phenoxy) is 1. The molecule has 2 heterocycles. The van der Waals surface area contributed by atoms with Crippen molar-refractivity contribution in [2.45, 2.75) is 13.8 Å². The van der Waals surface area contributed by atoms with E-state index >= 15 is 0 Å². The number of carbonyl (C=O) groups excluding carboxylic acids is 1. The predicted molar refractivity (Wildman–Crippen MR) is 142 cm³/mol. The van der Waals surface area contributed by atoms with Gasteiger partial charge in [-0.1, -0.05) is 36.2 Å². The lowest BCUT2D eigenvalue weighted by molar-refractivity contribution is 0.102. The van der Waals surface area contributed by atoms with E-state index in [2.05, 4.69) is 49.5 Å². The first-order valence-corrected chi connectivity index (χ1v) is 12.3. The second kappa shape index (κ2) is 11.6. The maximum Gasteiger partial charge on any atom is 0.262 e. The molecule has 0 unspecified atom stereocenters. The molecule has 0 aliphatic carbocycles. The Morgan fingerprint density at radius 2 is 1.71 bits per heavy atom. The molecule has 10 heteroatoms. The first-order valence-electron chi connectivity index (χ1n) is 11.6. The maximum atomic E-state index is 12.9. The van der Waals surface area contributed by atoms with Gasteiger partial charge in [-0.05, 0) is 49.9 Å². The van der Waals surface area contributed by atoms with E-state index < -0.39 is 5.91 Å². The number of likely N-dealkylation sites (N-methyl/N-ethyl adjacent to an activating group) is 1. The molecule has 2 N–H and O–H groups in total. The zero-order valence-electron chi connectivity index (χ0n) is 19.7. The van der Waals surface area contributed by atoms with Crippen molar-refractivity contribution in [3.05, 3.63) is 64.3 Å². The number of aromatic nitrogens is 2. The molecule has 1 saturated heterocycles. The van der Waals surface area contributed by atoms with Crippen molar-refractivity contribution in [1.29, 1.82) is 0 Å². The summed E-state index contributed by atoms with van der Waals surface area (Å²) in [6, 6.07) is 13.1. The van der Waals surface area contributed by atoms with Crippen LogP contribution < -0.4 is 20.3 Å². The third kappa shape index (κ3) is 6.14. The van der Waals surface area contributed by atoms with Gasteiger partial charge in [-0.15, -0.1) is 0 Å². The monoisotopic (exact) mass is 514 g/mol. The Morgan fingerprint density at radius 1 is 1.03 bits per heavy atom. The molecule has 0 radical (unpaired) electrons. The van der Waals surface area contributed by atoms with Crippen molar-refractivity contribution in [2.75, 3.05) is 54.9 Å². The van der Waals surface area contributed by atoms with Gasteiger partial charge >= 0.3 is 0 Å². The van der Waals surface area contributed by atoms with Crippen LogP contribution in [0, 0.1) is 0 Å². The van der Waals surface area contributed by atoms with Crippen LogP contribution in [0.5, 0.6) is 5.88 Å². The van der Waals surface area contributed by atoms with Gasteiger partial charge in [0.2, 0.25) is 11.8 Å². The number of amides is 1. The Morgan fingerprint density at radius 3 is 2.34 bits per heavy atom. The third-order valence-corrected chi connectivity index (χ3v) is 6.42. The van der Waals surface area contributed by atoms with Crippen molar-refractivity contribution < 1.29 is 9.53 Å². The third-order valence-electron chi connectivity index (χ3n) is 5.79. The fourth-order valence-electron chi connectivity index (χ4n) is 3.83. The lowest BCUT2D eigenvalue weighted by atomic mass is 10.2. The van der Waals surface area contributed by atoms with E-state index in [0.29, 0.717) is 28.3 Å². The van der Waals surface area contributed by atoms with Crippen molar-refractivity contribution in [1.82, 2.24) is 14.9 Å². The number of benzene rings is 2. The molecule has 1 fully saturated rings. The van der Waals surface area contributed by atoms with E-state index in [4.69, 9.17) is 27.9 Å². The minimum atomic E-state index is -0.470. The molecule has 35 heavy (non-hydrogen) atoms. The molecule has 3 aromatic rings. The minimum Gasteiger partial charge on any atom is -0.477 e. The Balaban J connectivity index is 1.46. The summed E-state index contributed by atoms with van der Waals surface area (Å²) < 4.78 is 5.62. The minimum absolute atomic E-state index is 0.163. The van der Waals surface area contributed by atoms with Crippen molar-refractivity contribution in [3.8, 4) is 5.88 Å². The molecule has 1 aliphatic rings.